The molecule has 276 valence electrons. The highest BCUT2D eigenvalue weighted by molar-refractivity contribution is 6.31. The van der Waals surface area contributed by atoms with Crippen molar-refractivity contribution < 1.29 is 14.4 Å². The van der Waals surface area contributed by atoms with Crippen molar-refractivity contribution in [3.05, 3.63) is 193 Å². The first-order valence-electron chi connectivity index (χ1n) is 17.1. The number of amides is 3. The monoisotopic (exact) mass is 777 g/mol. The molecule has 6 aromatic rings. The lowest BCUT2D eigenvalue weighted by Crippen LogP contribution is -2.13. The number of anilines is 3. The number of rotatable bonds is 6. The zero-order valence-electron chi connectivity index (χ0n) is 31.0. The highest BCUT2D eigenvalue weighted by atomic mass is 35.5. The normalized spacial score (nSPS) is 10.2. The molecular weight excluding hydrogens is 737 g/mol. The van der Waals surface area contributed by atoms with E-state index >= 15 is 0 Å². The molecule has 6 rings (SSSR count). The molecule has 0 radical (unpaired) electrons. The topological polar surface area (TPSA) is 87.3 Å². The molecule has 6 nitrogen and oxygen atoms in total. The zero-order valence-corrected chi connectivity index (χ0v) is 33.3. The number of benzene rings is 6. The molecule has 3 N–H and O–H groups in total. The summed E-state index contributed by atoms with van der Waals surface area (Å²) in [5.74, 6) is -0.364. The second-order valence-corrected chi connectivity index (χ2v) is 14.0. The Hall–Kier alpha value is -5.40. The van der Waals surface area contributed by atoms with Crippen LogP contribution in [0.3, 0.4) is 0 Å². The Morgan fingerprint density at radius 1 is 0.333 bits per heavy atom. The van der Waals surface area contributed by atoms with E-state index in [-0.39, 0.29) is 17.7 Å². The molecule has 6 aromatic carbocycles. The van der Waals surface area contributed by atoms with Gasteiger partial charge in [-0.2, -0.15) is 0 Å². The highest BCUT2D eigenvalue weighted by Gasteiger charge is 2.11. The number of hydrogen-bond acceptors (Lipinski definition) is 3. The number of para-hydroxylation sites is 3. The molecule has 0 aromatic heterocycles. The summed E-state index contributed by atoms with van der Waals surface area (Å²) in [5, 5.41) is 10.7. The molecule has 0 bridgehead atoms. The van der Waals surface area contributed by atoms with E-state index in [0.29, 0.717) is 31.8 Å². The van der Waals surface area contributed by atoms with Crippen LogP contribution in [0.2, 0.25) is 15.1 Å². The van der Waals surface area contributed by atoms with Crippen LogP contribution in [-0.4, -0.2) is 17.7 Å². The van der Waals surface area contributed by atoms with Crippen LogP contribution in [0, 0.1) is 41.5 Å². The van der Waals surface area contributed by atoms with Crippen molar-refractivity contribution in [2.24, 2.45) is 0 Å². The van der Waals surface area contributed by atoms with Gasteiger partial charge in [0, 0.05) is 48.8 Å². The molecule has 0 aliphatic rings. The van der Waals surface area contributed by atoms with E-state index in [4.69, 9.17) is 34.8 Å². The van der Waals surface area contributed by atoms with E-state index in [1.165, 1.54) is 0 Å². The number of carbonyl (C=O) groups excluding carboxylic acids is 3. The smallest absolute Gasteiger partial charge is 0.255 e. The summed E-state index contributed by atoms with van der Waals surface area (Å²) in [4.78, 5) is 36.2. The molecule has 3 amide bonds. The van der Waals surface area contributed by atoms with E-state index in [9.17, 15) is 14.4 Å². The maximum absolute atomic E-state index is 12.1. The molecule has 0 saturated carbocycles. The molecule has 0 heterocycles. The molecule has 54 heavy (non-hydrogen) atoms. The number of halogens is 3. The summed E-state index contributed by atoms with van der Waals surface area (Å²) in [6.07, 6.45) is 0. The third-order valence-corrected chi connectivity index (χ3v) is 9.23. The second kappa shape index (κ2) is 19.6. The molecule has 0 aliphatic heterocycles. The van der Waals surface area contributed by atoms with Crippen LogP contribution < -0.4 is 16.0 Å². The Labute approximate surface area is 332 Å². The third kappa shape index (κ3) is 11.8. The van der Waals surface area contributed by atoms with E-state index in [2.05, 4.69) is 16.0 Å². The standard InChI is InChI=1S/3C15H14ClNO/c3*1-10-4-3-5-11(2)14(10)17-15(18)12-6-8-13(16)9-7-12/h3*3-9H,1-2H3,(H,17,18). The first kappa shape index (κ1) is 41.4. The van der Waals surface area contributed by atoms with E-state index < -0.39 is 0 Å². The lowest BCUT2D eigenvalue weighted by atomic mass is 10.1. The molecule has 0 atom stereocenters. The van der Waals surface area contributed by atoms with Gasteiger partial charge in [-0.25, -0.2) is 0 Å². The van der Waals surface area contributed by atoms with Crippen LogP contribution in [-0.2, 0) is 0 Å². The Balaban J connectivity index is 0.000000180. The maximum Gasteiger partial charge on any atom is 0.255 e. The van der Waals surface area contributed by atoms with Gasteiger partial charge in [-0.15, -0.1) is 0 Å². The summed E-state index contributed by atoms with van der Waals surface area (Å²) in [7, 11) is 0. The molecule has 0 aliphatic carbocycles. The van der Waals surface area contributed by atoms with E-state index in [1.54, 1.807) is 72.8 Å². The molecule has 0 unspecified atom stereocenters. The van der Waals surface area contributed by atoms with Crippen LogP contribution >= 0.6 is 34.8 Å². The first-order chi connectivity index (χ1) is 25.7. The average molecular weight is 779 g/mol. The van der Waals surface area contributed by atoms with Crippen molar-refractivity contribution >= 4 is 69.6 Å². The lowest BCUT2D eigenvalue weighted by Gasteiger charge is -2.11. The van der Waals surface area contributed by atoms with Crippen molar-refractivity contribution in [1.29, 1.82) is 0 Å². The fraction of sp³-hybridized carbons (Fsp3) is 0.133. The van der Waals surface area contributed by atoms with Gasteiger partial charge in [0.25, 0.3) is 17.7 Å². The van der Waals surface area contributed by atoms with Gasteiger partial charge >= 0.3 is 0 Å². The molecule has 0 fully saturated rings. The predicted octanol–water partition coefficient (Wildman–Crippen LogP) is 12.6. The van der Waals surface area contributed by atoms with Crippen molar-refractivity contribution in [3.8, 4) is 0 Å². The molecule has 0 saturated heterocycles. The van der Waals surface area contributed by atoms with Gasteiger partial charge < -0.3 is 16.0 Å². The van der Waals surface area contributed by atoms with Gasteiger partial charge in [0.05, 0.1) is 0 Å². The van der Waals surface area contributed by atoms with Gasteiger partial charge in [-0.05, 0) is 148 Å². The van der Waals surface area contributed by atoms with Crippen LogP contribution in [0.1, 0.15) is 64.5 Å². The Morgan fingerprint density at radius 3 is 0.704 bits per heavy atom. The van der Waals surface area contributed by atoms with Crippen molar-refractivity contribution in [2.45, 2.75) is 41.5 Å². The Morgan fingerprint density at radius 2 is 0.519 bits per heavy atom. The summed E-state index contributed by atoms with van der Waals surface area (Å²) in [5.41, 5.74) is 10.7. The minimum atomic E-state index is -0.121. The largest absolute Gasteiger partial charge is 0.322 e. The number of aryl methyl sites for hydroxylation is 6. The zero-order chi connectivity index (χ0) is 39.4. The summed E-state index contributed by atoms with van der Waals surface area (Å²) in [6, 6.07) is 38.3. The number of carbonyl (C=O) groups is 3. The Bertz CT molecular complexity index is 1920. The van der Waals surface area contributed by atoms with Gasteiger partial charge in [0.1, 0.15) is 0 Å². The van der Waals surface area contributed by atoms with Crippen LogP contribution in [0.25, 0.3) is 0 Å². The molecule has 0 spiro atoms. The third-order valence-electron chi connectivity index (χ3n) is 8.48. The number of hydrogen-bond donors (Lipinski definition) is 3. The second-order valence-electron chi connectivity index (χ2n) is 12.7. The average Bonchev–Trinajstić information content (AvgIpc) is 3.14. The number of nitrogens with one attached hydrogen (secondary N) is 3. The lowest BCUT2D eigenvalue weighted by molar-refractivity contribution is 0.101. The minimum Gasteiger partial charge on any atom is -0.322 e. The predicted molar refractivity (Wildman–Crippen MR) is 226 cm³/mol. The Kier molecular flexibility index (Phi) is 15.0. The van der Waals surface area contributed by atoms with E-state index in [0.717, 1.165) is 50.4 Å². The fourth-order valence-corrected chi connectivity index (χ4v) is 5.77. The van der Waals surface area contributed by atoms with Gasteiger partial charge in [0.15, 0.2) is 0 Å². The van der Waals surface area contributed by atoms with Crippen molar-refractivity contribution in [3.63, 3.8) is 0 Å². The molecule has 9 heteroatoms. The summed E-state index contributed by atoms with van der Waals surface area (Å²) < 4.78 is 0. The first-order valence-corrected chi connectivity index (χ1v) is 18.3. The van der Waals surface area contributed by atoms with Gasteiger partial charge in [-0.3, -0.25) is 14.4 Å². The van der Waals surface area contributed by atoms with Gasteiger partial charge in [-0.1, -0.05) is 89.4 Å². The van der Waals surface area contributed by atoms with Crippen molar-refractivity contribution in [2.75, 3.05) is 16.0 Å². The summed E-state index contributed by atoms with van der Waals surface area (Å²) >= 11 is 17.4. The van der Waals surface area contributed by atoms with Crippen molar-refractivity contribution in [1.82, 2.24) is 0 Å². The quantitative estimate of drug-likeness (QED) is 0.157. The van der Waals surface area contributed by atoms with Crippen LogP contribution in [0.15, 0.2) is 127 Å². The minimum absolute atomic E-state index is 0.121. The summed E-state index contributed by atoms with van der Waals surface area (Å²) in [6.45, 7) is 11.9. The van der Waals surface area contributed by atoms with Crippen LogP contribution in [0.5, 0.6) is 0 Å². The maximum atomic E-state index is 12.1. The van der Waals surface area contributed by atoms with Crippen LogP contribution in [0.4, 0.5) is 17.1 Å². The fourth-order valence-electron chi connectivity index (χ4n) is 5.40. The highest BCUT2D eigenvalue weighted by Crippen LogP contribution is 2.23. The molecular formula is C45H42Cl3N3O3. The van der Waals surface area contributed by atoms with Gasteiger partial charge in [0.2, 0.25) is 0 Å². The van der Waals surface area contributed by atoms with E-state index in [1.807, 2.05) is 96.1 Å². The SMILES string of the molecule is Cc1cccc(C)c1NC(=O)c1ccc(Cl)cc1.Cc1cccc(C)c1NC(=O)c1ccc(Cl)cc1.Cc1cccc(C)c1NC(=O)c1ccc(Cl)cc1.